The van der Waals surface area contributed by atoms with Crippen LogP contribution >= 0.6 is 0 Å². The summed E-state index contributed by atoms with van der Waals surface area (Å²) in [6.07, 6.45) is 5.09. The number of hydrogen-bond acceptors (Lipinski definition) is 4. The van der Waals surface area contributed by atoms with Crippen molar-refractivity contribution in [2.75, 3.05) is 28.4 Å². The molecule has 1 aliphatic rings. The predicted octanol–water partition coefficient (Wildman–Crippen LogP) is 1.31. The van der Waals surface area contributed by atoms with Crippen LogP contribution in [0.2, 0.25) is 0 Å². The van der Waals surface area contributed by atoms with Crippen molar-refractivity contribution >= 4 is 0 Å². The van der Waals surface area contributed by atoms with E-state index in [1.165, 1.54) is 0 Å². The maximum Gasteiger partial charge on any atom is 0.187 e. The summed E-state index contributed by atoms with van der Waals surface area (Å²) in [5, 5.41) is 0. The van der Waals surface area contributed by atoms with E-state index >= 15 is 0 Å². The van der Waals surface area contributed by atoms with Crippen molar-refractivity contribution < 1.29 is 18.9 Å². The van der Waals surface area contributed by atoms with Gasteiger partial charge in [-0.05, 0) is 12.2 Å². The van der Waals surface area contributed by atoms with Gasteiger partial charge in [-0.15, -0.1) is 0 Å². The van der Waals surface area contributed by atoms with E-state index in [4.69, 9.17) is 18.9 Å². The lowest BCUT2D eigenvalue weighted by Gasteiger charge is -2.38. The first-order valence-corrected chi connectivity index (χ1v) is 4.57. The zero-order valence-corrected chi connectivity index (χ0v) is 9.20. The van der Waals surface area contributed by atoms with Crippen molar-refractivity contribution in [2.45, 2.75) is 24.4 Å². The van der Waals surface area contributed by atoms with E-state index in [1.807, 2.05) is 12.2 Å². The number of hydrogen-bond donors (Lipinski definition) is 0. The molecule has 0 aromatic rings. The van der Waals surface area contributed by atoms with E-state index < -0.39 is 11.6 Å². The highest BCUT2D eigenvalue weighted by Gasteiger charge is 2.39. The quantitative estimate of drug-likeness (QED) is 0.509. The third kappa shape index (κ3) is 1.98. The summed E-state index contributed by atoms with van der Waals surface area (Å²) in [6, 6.07) is 0. The summed E-state index contributed by atoms with van der Waals surface area (Å²) in [5.74, 6) is -1.25. The lowest BCUT2D eigenvalue weighted by molar-refractivity contribution is -0.225. The van der Waals surface area contributed by atoms with E-state index in [0.717, 1.165) is 0 Å². The maximum atomic E-state index is 5.29. The smallest absolute Gasteiger partial charge is 0.187 e. The fourth-order valence-corrected chi connectivity index (χ4v) is 1.62. The van der Waals surface area contributed by atoms with Crippen LogP contribution in [0.3, 0.4) is 0 Å². The summed E-state index contributed by atoms with van der Waals surface area (Å²) < 4.78 is 21.2. The standard InChI is InChI=1S/C10H18O4/c1-11-9(12-2)5-7-10(13-3,14-4)8-6-9/h5,7H,6,8H2,1-4H3. The lowest BCUT2D eigenvalue weighted by Crippen LogP contribution is -2.42. The predicted molar refractivity (Wildman–Crippen MR) is 51.9 cm³/mol. The van der Waals surface area contributed by atoms with Gasteiger partial charge in [0.25, 0.3) is 0 Å². The SMILES string of the molecule is COC1(OC)C=CC(OC)(OC)CC1. The minimum absolute atomic E-state index is 0.624. The first-order chi connectivity index (χ1) is 6.66. The van der Waals surface area contributed by atoms with Gasteiger partial charge in [-0.2, -0.15) is 0 Å². The Bertz CT molecular complexity index is 182. The summed E-state index contributed by atoms with van der Waals surface area (Å²) in [7, 11) is 6.50. The highest BCUT2D eigenvalue weighted by molar-refractivity contribution is 5.09. The van der Waals surface area contributed by atoms with Crippen LogP contribution in [0.5, 0.6) is 0 Å². The Labute approximate surface area is 84.8 Å². The van der Waals surface area contributed by atoms with Crippen molar-refractivity contribution in [1.29, 1.82) is 0 Å². The zero-order valence-electron chi connectivity index (χ0n) is 9.20. The van der Waals surface area contributed by atoms with Crippen LogP contribution < -0.4 is 0 Å². The van der Waals surface area contributed by atoms with Gasteiger partial charge in [0.1, 0.15) is 0 Å². The fraction of sp³-hybridized carbons (Fsp3) is 0.800. The second-order valence-corrected chi connectivity index (χ2v) is 3.27. The Balaban J connectivity index is 2.79. The molecule has 0 aromatic heterocycles. The molecule has 0 N–H and O–H groups in total. The van der Waals surface area contributed by atoms with Gasteiger partial charge in [0, 0.05) is 41.3 Å². The van der Waals surface area contributed by atoms with Gasteiger partial charge in [0.15, 0.2) is 11.6 Å². The van der Waals surface area contributed by atoms with Gasteiger partial charge in [-0.3, -0.25) is 0 Å². The van der Waals surface area contributed by atoms with Gasteiger partial charge in [0.05, 0.1) is 0 Å². The van der Waals surface area contributed by atoms with Gasteiger partial charge in [0.2, 0.25) is 0 Å². The highest BCUT2D eigenvalue weighted by Crippen LogP contribution is 2.33. The van der Waals surface area contributed by atoms with E-state index in [-0.39, 0.29) is 0 Å². The highest BCUT2D eigenvalue weighted by atomic mass is 16.7. The van der Waals surface area contributed by atoms with Gasteiger partial charge in [-0.1, -0.05) is 0 Å². The molecule has 82 valence electrons. The van der Waals surface area contributed by atoms with Crippen LogP contribution in [-0.2, 0) is 18.9 Å². The molecular formula is C10H18O4. The molecule has 4 heteroatoms. The molecule has 0 fully saturated rings. The van der Waals surface area contributed by atoms with Crippen LogP contribution in [0.1, 0.15) is 12.8 Å². The summed E-state index contributed by atoms with van der Waals surface area (Å²) in [4.78, 5) is 0. The van der Waals surface area contributed by atoms with E-state index in [1.54, 1.807) is 28.4 Å². The molecule has 0 bridgehead atoms. The molecule has 0 amide bonds. The van der Waals surface area contributed by atoms with E-state index in [9.17, 15) is 0 Å². The zero-order chi connectivity index (χ0) is 10.7. The molecule has 0 unspecified atom stereocenters. The van der Waals surface area contributed by atoms with Gasteiger partial charge < -0.3 is 18.9 Å². The molecule has 1 aliphatic carbocycles. The number of methoxy groups -OCH3 is 4. The minimum Gasteiger partial charge on any atom is -0.350 e. The monoisotopic (exact) mass is 202 g/mol. The average molecular weight is 202 g/mol. The number of rotatable bonds is 4. The Hall–Kier alpha value is -0.420. The van der Waals surface area contributed by atoms with Crippen LogP contribution in [0, 0.1) is 0 Å². The Morgan fingerprint density at radius 2 is 1.00 bits per heavy atom. The van der Waals surface area contributed by atoms with Crippen molar-refractivity contribution in [2.24, 2.45) is 0 Å². The Morgan fingerprint density at radius 1 is 0.714 bits per heavy atom. The molecule has 0 atom stereocenters. The van der Waals surface area contributed by atoms with Gasteiger partial charge >= 0.3 is 0 Å². The largest absolute Gasteiger partial charge is 0.350 e. The van der Waals surface area contributed by atoms with E-state index in [0.29, 0.717) is 12.8 Å². The molecule has 0 saturated heterocycles. The van der Waals surface area contributed by atoms with Crippen molar-refractivity contribution in [3.63, 3.8) is 0 Å². The molecule has 0 spiro atoms. The van der Waals surface area contributed by atoms with E-state index in [2.05, 4.69) is 0 Å². The normalized spacial score (nSPS) is 23.7. The maximum absolute atomic E-state index is 5.29. The Kier molecular flexibility index (Phi) is 3.66. The molecule has 0 aliphatic heterocycles. The first kappa shape index (κ1) is 11.7. The topological polar surface area (TPSA) is 36.9 Å². The van der Waals surface area contributed by atoms with Crippen LogP contribution in [0.4, 0.5) is 0 Å². The van der Waals surface area contributed by atoms with Crippen molar-refractivity contribution in [1.82, 2.24) is 0 Å². The molecule has 1 rings (SSSR count). The summed E-state index contributed by atoms with van der Waals surface area (Å²) in [5.41, 5.74) is 0. The third-order valence-electron chi connectivity index (χ3n) is 2.80. The van der Waals surface area contributed by atoms with Crippen LogP contribution in [0.25, 0.3) is 0 Å². The fourth-order valence-electron chi connectivity index (χ4n) is 1.62. The van der Waals surface area contributed by atoms with Crippen molar-refractivity contribution in [3.05, 3.63) is 12.2 Å². The molecule has 0 aromatic carbocycles. The number of ether oxygens (including phenoxy) is 4. The second-order valence-electron chi connectivity index (χ2n) is 3.27. The molecular weight excluding hydrogens is 184 g/mol. The average Bonchev–Trinajstić information content (AvgIpc) is 2.29. The molecule has 0 heterocycles. The van der Waals surface area contributed by atoms with Gasteiger partial charge in [-0.25, -0.2) is 0 Å². The molecule has 0 saturated carbocycles. The first-order valence-electron chi connectivity index (χ1n) is 4.57. The summed E-state index contributed by atoms with van der Waals surface area (Å²) in [6.45, 7) is 0. The summed E-state index contributed by atoms with van der Waals surface area (Å²) >= 11 is 0. The lowest BCUT2D eigenvalue weighted by atomic mass is 9.96. The molecule has 0 radical (unpaired) electrons. The molecule has 14 heavy (non-hydrogen) atoms. The second kappa shape index (κ2) is 4.40. The molecule has 4 nitrogen and oxygen atoms in total. The third-order valence-corrected chi connectivity index (χ3v) is 2.80. The van der Waals surface area contributed by atoms with Crippen LogP contribution in [0.15, 0.2) is 12.2 Å². The Morgan fingerprint density at radius 3 is 1.14 bits per heavy atom. The van der Waals surface area contributed by atoms with Crippen molar-refractivity contribution in [3.8, 4) is 0 Å². The minimum atomic E-state index is -0.624. The van der Waals surface area contributed by atoms with Crippen LogP contribution in [-0.4, -0.2) is 40.0 Å².